The zero-order valence-corrected chi connectivity index (χ0v) is 19.8. The number of nitro benzene ring substituents is 1. The number of anilines is 1. The summed E-state index contributed by atoms with van der Waals surface area (Å²) < 4.78 is 5.95. The Morgan fingerprint density at radius 3 is 2.89 bits per heavy atom. The first-order valence-electron chi connectivity index (χ1n) is 11.9. The van der Waals surface area contributed by atoms with Crippen molar-refractivity contribution >= 4 is 34.8 Å². The van der Waals surface area contributed by atoms with Crippen molar-refractivity contribution in [2.75, 3.05) is 25.5 Å². The summed E-state index contributed by atoms with van der Waals surface area (Å²) in [5.41, 5.74) is 2.43. The van der Waals surface area contributed by atoms with Crippen LogP contribution in [0.15, 0.2) is 59.0 Å². The number of piperidine rings is 1. The van der Waals surface area contributed by atoms with Gasteiger partial charge in [-0.3, -0.25) is 19.7 Å². The van der Waals surface area contributed by atoms with Gasteiger partial charge in [0.1, 0.15) is 11.5 Å². The van der Waals surface area contributed by atoms with Gasteiger partial charge in [0.15, 0.2) is 0 Å². The molecule has 0 spiro atoms. The van der Waals surface area contributed by atoms with E-state index in [-0.39, 0.29) is 23.1 Å². The average Bonchev–Trinajstić information content (AvgIpc) is 3.47. The number of nitrogens with zero attached hydrogens (tertiary/aromatic N) is 2. The van der Waals surface area contributed by atoms with E-state index in [1.807, 2.05) is 6.07 Å². The smallest absolute Gasteiger partial charge is 0.270 e. The van der Waals surface area contributed by atoms with E-state index in [0.717, 1.165) is 18.5 Å². The summed E-state index contributed by atoms with van der Waals surface area (Å²) in [5, 5.41) is 16.9. The molecule has 1 fully saturated rings. The molecular weight excluding hydrogens is 460 g/mol. The zero-order chi connectivity index (χ0) is 25.2. The summed E-state index contributed by atoms with van der Waals surface area (Å²) in [6.45, 7) is 1.66. The maximum Gasteiger partial charge on any atom is 0.270 e. The number of fused-ring (bicyclic) bond motifs is 1. The highest BCUT2D eigenvalue weighted by Crippen LogP contribution is 2.36. The monoisotopic (exact) mass is 486 g/mol. The number of likely N-dealkylation sites (N-methyl/N-ethyl adjacent to an activating group) is 1. The number of carbonyl (C=O) groups is 2. The van der Waals surface area contributed by atoms with Crippen LogP contribution in [0.25, 0.3) is 23.0 Å². The average molecular weight is 487 g/mol. The molecule has 9 heteroatoms. The second-order valence-corrected chi connectivity index (χ2v) is 9.12. The first-order chi connectivity index (χ1) is 17.4. The van der Waals surface area contributed by atoms with E-state index < -0.39 is 4.92 Å². The van der Waals surface area contributed by atoms with Crippen molar-refractivity contribution in [3.8, 4) is 11.3 Å². The van der Waals surface area contributed by atoms with Crippen LogP contribution >= 0.6 is 0 Å². The molecule has 2 aromatic carbocycles. The molecule has 0 bridgehead atoms. The molecule has 184 valence electrons. The maximum absolute atomic E-state index is 12.8. The van der Waals surface area contributed by atoms with Gasteiger partial charge in [0.05, 0.1) is 10.5 Å². The van der Waals surface area contributed by atoms with Crippen molar-refractivity contribution in [2.45, 2.75) is 25.3 Å². The Kier molecular flexibility index (Phi) is 6.39. The third-order valence-corrected chi connectivity index (χ3v) is 6.74. The minimum Gasteiger partial charge on any atom is -0.457 e. The Balaban J connectivity index is 1.33. The predicted octanol–water partition coefficient (Wildman–Crippen LogP) is 4.56. The molecular formula is C27H26N4O5. The molecule has 0 saturated carbocycles. The Hall–Kier alpha value is -4.24. The van der Waals surface area contributed by atoms with Crippen LogP contribution in [-0.4, -0.2) is 47.8 Å². The van der Waals surface area contributed by atoms with Gasteiger partial charge < -0.3 is 20.0 Å². The van der Waals surface area contributed by atoms with E-state index in [2.05, 4.69) is 22.6 Å². The van der Waals surface area contributed by atoms with E-state index >= 15 is 0 Å². The Morgan fingerprint density at radius 2 is 2.08 bits per heavy atom. The molecule has 2 aliphatic heterocycles. The molecule has 2 aliphatic rings. The molecule has 36 heavy (non-hydrogen) atoms. The van der Waals surface area contributed by atoms with Crippen LogP contribution in [0, 0.1) is 10.1 Å². The van der Waals surface area contributed by atoms with Gasteiger partial charge in [-0.25, -0.2) is 0 Å². The number of rotatable bonds is 6. The highest BCUT2D eigenvalue weighted by molar-refractivity contribution is 6.34. The van der Waals surface area contributed by atoms with Crippen LogP contribution in [0.2, 0.25) is 0 Å². The number of non-ortho nitro benzene ring substituents is 1. The lowest BCUT2D eigenvalue weighted by atomic mass is 10.0. The standard InChI is InChI=1S/C27H26N4O5/c1-30-12-3-2-7-20(30)16-28-26(32)18-6-4-5-17(13-18)25-11-9-21(36-25)15-23-22-14-19(31(34)35)8-10-24(22)29-27(23)33/h4-6,8-11,13-15,20H,2-3,7,12,16H2,1H3,(H,28,32)(H,29,33). The molecule has 1 unspecified atom stereocenters. The third kappa shape index (κ3) is 4.78. The first-order valence-corrected chi connectivity index (χ1v) is 11.9. The number of hydrogen-bond acceptors (Lipinski definition) is 6. The molecule has 1 atom stereocenters. The van der Waals surface area contributed by atoms with Gasteiger partial charge in [0.25, 0.3) is 17.5 Å². The van der Waals surface area contributed by atoms with Crippen LogP contribution in [-0.2, 0) is 4.79 Å². The quantitative estimate of drug-likeness (QED) is 0.300. The van der Waals surface area contributed by atoms with Crippen molar-refractivity contribution in [2.24, 2.45) is 0 Å². The highest BCUT2D eigenvalue weighted by atomic mass is 16.6. The fourth-order valence-electron chi connectivity index (χ4n) is 4.69. The summed E-state index contributed by atoms with van der Waals surface area (Å²) in [6, 6.07) is 15.3. The first kappa shape index (κ1) is 23.5. The Labute approximate surface area is 207 Å². The van der Waals surface area contributed by atoms with E-state index in [4.69, 9.17) is 4.42 Å². The number of carbonyl (C=O) groups excluding carboxylic acids is 2. The summed E-state index contributed by atoms with van der Waals surface area (Å²) in [6.07, 6.45) is 5.02. The van der Waals surface area contributed by atoms with Crippen LogP contribution in [0.4, 0.5) is 11.4 Å². The molecule has 2 amide bonds. The largest absolute Gasteiger partial charge is 0.457 e. The fraction of sp³-hybridized carbons (Fsp3) is 0.259. The SMILES string of the molecule is CN1CCCCC1CNC(=O)c1cccc(-c2ccc(C=C3C(=O)Nc4ccc([N+](=O)[O-])cc43)o2)c1. The molecule has 1 saturated heterocycles. The van der Waals surface area contributed by atoms with Gasteiger partial charge in [-0.2, -0.15) is 0 Å². The van der Waals surface area contributed by atoms with Crippen LogP contribution in [0.3, 0.4) is 0 Å². The second kappa shape index (κ2) is 9.79. The highest BCUT2D eigenvalue weighted by Gasteiger charge is 2.27. The lowest BCUT2D eigenvalue weighted by molar-refractivity contribution is -0.384. The minimum absolute atomic E-state index is 0.0958. The lowest BCUT2D eigenvalue weighted by Gasteiger charge is -2.32. The topological polar surface area (TPSA) is 118 Å². The number of nitro groups is 1. The van der Waals surface area contributed by atoms with Crippen molar-refractivity contribution in [3.05, 3.63) is 81.6 Å². The summed E-state index contributed by atoms with van der Waals surface area (Å²) in [5.74, 6) is 0.474. The number of likely N-dealkylation sites (tertiary alicyclic amines) is 1. The zero-order valence-electron chi connectivity index (χ0n) is 19.8. The maximum atomic E-state index is 12.8. The van der Waals surface area contributed by atoms with Crippen molar-refractivity contribution < 1.29 is 18.9 Å². The van der Waals surface area contributed by atoms with Crippen LogP contribution < -0.4 is 10.6 Å². The van der Waals surface area contributed by atoms with Crippen LogP contribution in [0.1, 0.15) is 40.9 Å². The molecule has 3 heterocycles. The number of furan rings is 1. The summed E-state index contributed by atoms with van der Waals surface area (Å²) in [4.78, 5) is 38.2. The van der Waals surface area contributed by atoms with E-state index in [9.17, 15) is 19.7 Å². The Morgan fingerprint density at radius 1 is 1.22 bits per heavy atom. The van der Waals surface area contributed by atoms with Crippen molar-refractivity contribution in [3.63, 3.8) is 0 Å². The summed E-state index contributed by atoms with van der Waals surface area (Å²) >= 11 is 0. The number of nitrogens with one attached hydrogen (secondary N) is 2. The van der Waals surface area contributed by atoms with E-state index in [0.29, 0.717) is 40.9 Å². The van der Waals surface area contributed by atoms with Gasteiger partial charge >= 0.3 is 0 Å². The normalized spacial score (nSPS) is 18.6. The predicted molar refractivity (Wildman–Crippen MR) is 136 cm³/mol. The lowest BCUT2D eigenvalue weighted by Crippen LogP contribution is -2.44. The third-order valence-electron chi connectivity index (χ3n) is 6.74. The van der Waals surface area contributed by atoms with E-state index in [1.54, 1.807) is 36.4 Å². The fourth-order valence-corrected chi connectivity index (χ4v) is 4.69. The van der Waals surface area contributed by atoms with Gasteiger partial charge in [-0.15, -0.1) is 0 Å². The summed E-state index contributed by atoms with van der Waals surface area (Å²) in [7, 11) is 2.09. The van der Waals surface area contributed by atoms with Gasteiger partial charge in [0.2, 0.25) is 0 Å². The molecule has 5 rings (SSSR count). The second-order valence-electron chi connectivity index (χ2n) is 9.12. The van der Waals surface area contributed by atoms with Crippen molar-refractivity contribution in [1.29, 1.82) is 0 Å². The molecule has 0 radical (unpaired) electrons. The molecule has 2 N–H and O–H groups in total. The molecule has 0 aliphatic carbocycles. The minimum atomic E-state index is -0.498. The molecule has 3 aromatic rings. The van der Waals surface area contributed by atoms with E-state index in [1.165, 1.54) is 31.0 Å². The van der Waals surface area contributed by atoms with Gasteiger partial charge in [-0.1, -0.05) is 18.6 Å². The van der Waals surface area contributed by atoms with Gasteiger partial charge in [-0.05, 0) is 62.8 Å². The Bertz CT molecular complexity index is 1380. The number of amides is 2. The van der Waals surface area contributed by atoms with Crippen molar-refractivity contribution in [1.82, 2.24) is 10.2 Å². The molecule has 1 aromatic heterocycles. The number of benzene rings is 2. The number of hydrogen-bond donors (Lipinski definition) is 2. The van der Waals surface area contributed by atoms with Crippen LogP contribution in [0.5, 0.6) is 0 Å². The van der Waals surface area contributed by atoms with Gasteiger partial charge in [0, 0.05) is 47.1 Å². The molecule has 9 nitrogen and oxygen atoms in total.